The van der Waals surface area contributed by atoms with Crippen LogP contribution in [0.2, 0.25) is 10.0 Å². The summed E-state index contributed by atoms with van der Waals surface area (Å²) in [6.45, 7) is 2.97. The van der Waals surface area contributed by atoms with Gasteiger partial charge in [-0.3, -0.25) is 9.59 Å². The highest BCUT2D eigenvalue weighted by molar-refractivity contribution is 6.42. The number of nitrogens with zero attached hydrogens (tertiary/aromatic N) is 3. The van der Waals surface area contributed by atoms with Gasteiger partial charge in [-0.2, -0.15) is 5.10 Å². The standard InChI is InChI=1S/C18H19Cl2N3O3/c1-11-8-16(21-23(11)13-2-3-14(19)15(20)10-13)18(26)22-6-4-12(5-7-22)9-17(24)25/h2-3,8,10,12H,4-7,9H2,1H3,(H,24,25). The molecule has 2 heterocycles. The van der Waals surface area contributed by atoms with Gasteiger partial charge in [-0.05, 0) is 49.9 Å². The molecule has 2 aromatic rings. The van der Waals surface area contributed by atoms with Gasteiger partial charge in [0.2, 0.25) is 0 Å². The summed E-state index contributed by atoms with van der Waals surface area (Å²) < 4.78 is 1.66. The Morgan fingerprint density at radius 2 is 1.88 bits per heavy atom. The molecule has 1 saturated heterocycles. The molecule has 0 saturated carbocycles. The van der Waals surface area contributed by atoms with E-state index in [1.54, 1.807) is 33.8 Å². The van der Waals surface area contributed by atoms with Crippen LogP contribution in [0.3, 0.4) is 0 Å². The minimum atomic E-state index is -0.786. The molecule has 0 atom stereocenters. The summed E-state index contributed by atoms with van der Waals surface area (Å²) >= 11 is 12.0. The van der Waals surface area contributed by atoms with Crippen LogP contribution in [0.15, 0.2) is 24.3 Å². The number of amides is 1. The Bertz CT molecular complexity index is 842. The maximum atomic E-state index is 12.7. The van der Waals surface area contributed by atoms with Crippen LogP contribution in [0.5, 0.6) is 0 Å². The highest BCUT2D eigenvalue weighted by atomic mass is 35.5. The van der Waals surface area contributed by atoms with Gasteiger partial charge in [-0.1, -0.05) is 23.2 Å². The average Bonchev–Trinajstić information content (AvgIpc) is 2.99. The van der Waals surface area contributed by atoms with Gasteiger partial charge in [-0.25, -0.2) is 4.68 Å². The van der Waals surface area contributed by atoms with Crippen molar-refractivity contribution < 1.29 is 14.7 Å². The zero-order chi connectivity index (χ0) is 18.8. The number of aryl methyl sites for hydroxylation is 1. The molecule has 8 heteroatoms. The molecular weight excluding hydrogens is 377 g/mol. The van der Waals surface area contributed by atoms with Crippen LogP contribution in [-0.2, 0) is 4.79 Å². The van der Waals surface area contributed by atoms with Crippen LogP contribution < -0.4 is 0 Å². The molecule has 1 aliphatic heterocycles. The maximum absolute atomic E-state index is 12.7. The van der Waals surface area contributed by atoms with E-state index in [0.717, 1.165) is 11.4 Å². The van der Waals surface area contributed by atoms with E-state index in [4.69, 9.17) is 28.3 Å². The van der Waals surface area contributed by atoms with Crippen molar-refractivity contribution in [1.29, 1.82) is 0 Å². The fourth-order valence-corrected chi connectivity index (χ4v) is 3.50. The predicted molar refractivity (Wildman–Crippen MR) is 99.2 cm³/mol. The quantitative estimate of drug-likeness (QED) is 0.853. The third kappa shape index (κ3) is 4.02. The van der Waals surface area contributed by atoms with E-state index >= 15 is 0 Å². The van der Waals surface area contributed by atoms with Crippen molar-refractivity contribution in [3.8, 4) is 5.69 Å². The predicted octanol–water partition coefficient (Wildman–Crippen LogP) is 3.81. The number of carbonyl (C=O) groups is 2. The van der Waals surface area contributed by atoms with E-state index in [2.05, 4.69) is 5.10 Å². The summed E-state index contributed by atoms with van der Waals surface area (Å²) in [4.78, 5) is 25.3. The molecule has 0 unspecified atom stereocenters. The molecular formula is C18H19Cl2N3O3. The first-order valence-electron chi connectivity index (χ1n) is 8.38. The van der Waals surface area contributed by atoms with Crippen LogP contribution in [0, 0.1) is 12.8 Å². The van der Waals surface area contributed by atoms with Crippen molar-refractivity contribution in [2.24, 2.45) is 5.92 Å². The highest BCUT2D eigenvalue weighted by Gasteiger charge is 2.26. The van der Waals surface area contributed by atoms with E-state index in [0.29, 0.717) is 41.7 Å². The third-order valence-electron chi connectivity index (χ3n) is 4.62. The molecule has 0 spiro atoms. The number of aliphatic carboxylic acids is 1. The number of piperidine rings is 1. The number of halogens is 2. The highest BCUT2D eigenvalue weighted by Crippen LogP contribution is 2.26. The van der Waals surface area contributed by atoms with Gasteiger partial charge in [0.15, 0.2) is 5.69 Å². The zero-order valence-corrected chi connectivity index (χ0v) is 15.8. The topological polar surface area (TPSA) is 75.4 Å². The number of hydrogen-bond acceptors (Lipinski definition) is 3. The lowest BCUT2D eigenvalue weighted by molar-refractivity contribution is -0.138. The molecule has 3 rings (SSSR count). The number of carboxylic acid groups (broad SMARTS) is 1. The Labute approximate surface area is 161 Å². The zero-order valence-electron chi connectivity index (χ0n) is 14.3. The van der Waals surface area contributed by atoms with Gasteiger partial charge in [0.25, 0.3) is 5.91 Å². The number of aromatic nitrogens is 2. The van der Waals surface area contributed by atoms with Crippen molar-refractivity contribution in [1.82, 2.24) is 14.7 Å². The summed E-state index contributed by atoms with van der Waals surface area (Å²) in [5, 5.41) is 14.2. The first-order valence-corrected chi connectivity index (χ1v) is 9.14. The minimum Gasteiger partial charge on any atom is -0.481 e. The van der Waals surface area contributed by atoms with Crippen LogP contribution in [-0.4, -0.2) is 44.8 Å². The molecule has 1 aliphatic rings. The third-order valence-corrected chi connectivity index (χ3v) is 5.36. The maximum Gasteiger partial charge on any atom is 0.303 e. The lowest BCUT2D eigenvalue weighted by Gasteiger charge is -2.30. The number of likely N-dealkylation sites (tertiary alicyclic amines) is 1. The van der Waals surface area contributed by atoms with Crippen LogP contribution in [0.25, 0.3) is 5.69 Å². The van der Waals surface area contributed by atoms with Gasteiger partial charge in [0.1, 0.15) is 0 Å². The van der Waals surface area contributed by atoms with Crippen molar-refractivity contribution in [2.45, 2.75) is 26.2 Å². The molecule has 26 heavy (non-hydrogen) atoms. The van der Waals surface area contributed by atoms with E-state index in [9.17, 15) is 9.59 Å². The van der Waals surface area contributed by atoms with Crippen molar-refractivity contribution in [3.05, 3.63) is 45.7 Å². The lowest BCUT2D eigenvalue weighted by atomic mass is 9.93. The molecule has 138 valence electrons. The molecule has 1 aromatic carbocycles. The van der Waals surface area contributed by atoms with Gasteiger partial charge in [0, 0.05) is 25.2 Å². The summed E-state index contributed by atoms with van der Waals surface area (Å²) in [6, 6.07) is 6.93. The smallest absolute Gasteiger partial charge is 0.303 e. The molecule has 0 aliphatic carbocycles. The number of carbonyl (C=O) groups excluding carboxylic acids is 1. The second-order valence-corrected chi connectivity index (χ2v) is 7.33. The fourth-order valence-electron chi connectivity index (χ4n) is 3.21. The molecule has 1 fully saturated rings. The summed E-state index contributed by atoms with van der Waals surface area (Å²) in [6.07, 6.45) is 1.56. The van der Waals surface area contributed by atoms with E-state index in [1.807, 2.05) is 6.92 Å². The monoisotopic (exact) mass is 395 g/mol. The first kappa shape index (κ1) is 18.7. The molecule has 6 nitrogen and oxygen atoms in total. The fraction of sp³-hybridized carbons (Fsp3) is 0.389. The van der Waals surface area contributed by atoms with E-state index in [-0.39, 0.29) is 18.2 Å². The Hall–Kier alpha value is -2.05. The molecule has 1 N–H and O–H groups in total. The van der Waals surface area contributed by atoms with Gasteiger partial charge >= 0.3 is 5.97 Å². The van der Waals surface area contributed by atoms with Crippen LogP contribution >= 0.6 is 23.2 Å². The normalized spacial score (nSPS) is 15.3. The first-order chi connectivity index (χ1) is 12.3. The van der Waals surface area contributed by atoms with Crippen LogP contribution in [0.4, 0.5) is 0 Å². The summed E-state index contributed by atoms with van der Waals surface area (Å²) in [5.74, 6) is -0.793. The lowest BCUT2D eigenvalue weighted by Crippen LogP contribution is -2.39. The Morgan fingerprint density at radius 1 is 1.19 bits per heavy atom. The number of hydrogen-bond donors (Lipinski definition) is 1. The number of carboxylic acids is 1. The Balaban J connectivity index is 1.73. The summed E-state index contributed by atoms with van der Waals surface area (Å²) in [5.41, 5.74) is 1.91. The van der Waals surface area contributed by atoms with E-state index in [1.165, 1.54) is 0 Å². The average molecular weight is 396 g/mol. The Kier molecular flexibility index (Phi) is 5.53. The molecule has 1 amide bonds. The summed E-state index contributed by atoms with van der Waals surface area (Å²) in [7, 11) is 0. The number of rotatable bonds is 4. The second-order valence-electron chi connectivity index (χ2n) is 6.51. The van der Waals surface area contributed by atoms with Crippen molar-refractivity contribution >= 4 is 35.1 Å². The van der Waals surface area contributed by atoms with Crippen molar-refractivity contribution in [3.63, 3.8) is 0 Å². The second kappa shape index (κ2) is 7.68. The van der Waals surface area contributed by atoms with Crippen molar-refractivity contribution in [2.75, 3.05) is 13.1 Å². The van der Waals surface area contributed by atoms with Gasteiger partial charge in [-0.15, -0.1) is 0 Å². The number of benzene rings is 1. The van der Waals surface area contributed by atoms with Gasteiger partial charge in [0.05, 0.1) is 15.7 Å². The van der Waals surface area contributed by atoms with E-state index < -0.39 is 5.97 Å². The molecule has 0 radical (unpaired) electrons. The van der Waals surface area contributed by atoms with Crippen LogP contribution in [0.1, 0.15) is 35.4 Å². The molecule has 1 aromatic heterocycles. The molecule has 0 bridgehead atoms. The Morgan fingerprint density at radius 3 is 2.50 bits per heavy atom. The largest absolute Gasteiger partial charge is 0.481 e. The minimum absolute atomic E-state index is 0.132. The van der Waals surface area contributed by atoms with Gasteiger partial charge < -0.3 is 10.0 Å². The SMILES string of the molecule is Cc1cc(C(=O)N2CCC(CC(=O)O)CC2)nn1-c1ccc(Cl)c(Cl)c1.